The lowest BCUT2D eigenvalue weighted by Crippen LogP contribution is -2.24. The van der Waals surface area contributed by atoms with Crippen LogP contribution in [0.3, 0.4) is 0 Å². The molecule has 2 heterocycles. The first-order chi connectivity index (χ1) is 16.9. The van der Waals surface area contributed by atoms with Gasteiger partial charge in [0.25, 0.3) is 5.91 Å². The Morgan fingerprint density at radius 1 is 1.14 bits per heavy atom. The van der Waals surface area contributed by atoms with E-state index in [1.807, 2.05) is 48.0 Å². The lowest BCUT2D eigenvalue weighted by Gasteiger charge is -2.12. The van der Waals surface area contributed by atoms with Gasteiger partial charge in [-0.15, -0.1) is 11.3 Å². The monoisotopic (exact) mass is 488 g/mol. The number of ether oxygens (including phenoxy) is 1. The molecule has 5 rings (SSSR count). The molecular weight excluding hydrogens is 460 g/mol. The third-order valence-electron chi connectivity index (χ3n) is 6.07. The van der Waals surface area contributed by atoms with E-state index in [9.17, 15) is 9.90 Å². The summed E-state index contributed by atoms with van der Waals surface area (Å²) in [7, 11) is 1.64. The maximum atomic E-state index is 12.4. The highest BCUT2D eigenvalue weighted by atomic mass is 32.1. The number of phenols is 1. The van der Waals surface area contributed by atoms with Crippen LogP contribution in [0.4, 0.5) is 5.69 Å². The molecule has 0 bridgehead atoms. The second-order valence-corrected chi connectivity index (χ2v) is 9.99. The summed E-state index contributed by atoms with van der Waals surface area (Å²) in [5.74, 6) is 1.28. The first kappa shape index (κ1) is 23.0. The van der Waals surface area contributed by atoms with Crippen LogP contribution in [0.1, 0.15) is 47.8 Å². The van der Waals surface area contributed by atoms with Crippen molar-refractivity contribution in [3.8, 4) is 33.8 Å². The van der Waals surface area contributed by atoms with Gasteiger partial charge in [-0.25, -0.2) is 0 Å². The summed E-state index contributed by atoms with van der Waals surface area (Å²) in [6.45, 7) is 4.25. The number of hydrogen-bond donors (Lipinski definition) is 3. The molecule has 3 N–H and O–H groups in total. The average molecular weight is 489 g/mol. The Kier molecular flexibility index (Phi) is 6.21. The fourth-order valence-electron chi connectivity index (χ4n) is 3.88. The molecule has 4 aromatic rings. The number of amides is 1. The van der Waals surface area contributed by atoms with Gasteiger partial charge in [-0.2, -0.15) is 9.89 Å². The SMILES string of the molecule is COc1ccc(Nn2cc(-c3cc(C(C)C)ccc3O)cn2)cc1-c1csc(C(=O)NC2CC2)c1. The molecule has 2 aromatic heterocycles. The van der Waals surface area contributed by atoms with Crippen molar-refractivity contribution in [3.63, 3.8) is 0 Å². The van der Waals surface area contributed by atoms with E-state index in [0.29, 0.717) is 16.8 Å². The number of aromatic nitrogens is 2. The molecule has 8 heteroatoms. The van der Waals surface area contributed by atoms with Gasteiger partial charge < -0.3 is 15.2 Å². The van der Waals surface area contributed by atoms with Crippen LogP contribution in [0.2, 0.25) is 0 Å². The van der Waals surface area contributed by atoms with Crippen LogP contribution >= 0.6 is 11.3 Å². The second-order valence-electron chi connectivity index (χ2n) is 9.08. The molecule has 1 amide bonds. The maximum absolute atomic E-state index is 12.4. The average Bonchev–Trinajstić information content (AvgIpc) is 3.32. The zero-order valence-electron chi connectivity index (χ0n) is 19.9. The van der Waals surface area contributed by atoms with E-state index in [4.69, 9.17) is 4.74 Å². The van der Waals surface area contributed by atoms with Crippen LogP contribution in [-0.4, -0.2) is 34.1 Å². The highest BCUT2D eigenvalue weighted by Crippen LogP contribution is 2.36. The molecule has 7 nitrogen and oxygen atoms in total. The number of aromatic hydroxyl groups is 1. The lowest BCUT2D eigenvalue weighted by molar-refractivity contribution is 0.0955. The maximum Gasteiger partial charge on any atom is 0.261 e. The van der Waals surface area contributed by atoms with Gasteiger partial charge in [-0.1, -0.05) is 19.9 Å². The van der Waals surface area contributed by atoms with Crippen LogP contribution in [0.25, 0.3) is 22.3 Å². The molecule has 0 unspecified atom stereocenters. The van der Waals surface area contributed by atoms with Crippen LogP contribution < -0.4 is 15.5 Å². The fraction of sp³-hybridized carbons (Fsp3) is 0.259. The number of thiophene rings is 1. The smallest absolute Gasteiger partial charge is 0.261 e. The van der Waals surface area contributed by atoms with E-state index < -0.39 is 0 Å². The van der Waals surface area contributed by atoms with E-state index >= 15 is 0 Å². The van der Waals surface area contributed by atoms with E-state index in [2.05, 4.69) is 29.7 Å². The molecule has 1 aliphatic carbocycles. The number of nitrogens with zero attached hydrogens (tertiary/aromatic N) is 2. The van der Waals surface area contributed by atoms with Crippen molar-refractivity contribution >= 4 is 22.9 Å². The molecule has 1 fully saturated rings. The largest absolute Gasteiger partial charge is 0.507 e. The van der Waals surface area contributed by atoms with Crippen molar-refractivity contribution < 1.29 is 14.6 Å². The number of methoxy groups -OCH3 is 1. The third-order valence-corrected chi connectivity index (χ3v) is 7.00. The summed E-state index contributed by atoms with van der Waals surface area (Å²) >= 11 is 1.43. The number of carbonyl (C=O) groups excluding carboxylic acids is 1. The molecule has 0 aliphatic heterocycles. The third kappa shape index (κ3) is 5.02. The minimum atomic E-state index is -0.0224. The Morgan fingerprint density at radius 2 is 1.97 bits per heavy atom. The molecule has 35 heavy (non-hydrogen) atoms. The summed E-state index contributed by atoms with van der Waals surface area (Å²) in [5.41, 5.74) is 8.60. The first-order valence-electron chi connectivity index (χ1n) is 11.6. The molecule has 0 atom stereocenters. The van der Waals surface area contributed by atoms with Gasteiger partial charge in [0.1, 0.15) is 11.5 Å². The molecule has 0 saturated heterocycles. The Bertz CT molecular complexity index is 1370. The van der Waals surface area contributed by atoms with Gasteiger partial charge in [0.15, 0.2) is 0 Å². The Morgan fingerprint density at radius 3 is 2.71 bits per heavy atom. The number of anilines is 1. The predicted octanol–water partition coefficient (Wildman–Crippen LogP) is 5.88. The highest BCUT2D eigenvalue weighted by Gasteiger charge is 2.24. The minimum absolute atomic E-state index is 0.0224. The number of rotatable bonds is 8. The fourth-order valence-corrected chi connectivity index (χ4v) is 4.69. The Hall–Kier alpha value is -3.78. The minimum Gasteiger partial charge on any atom is -0.507 e. The van der Waals surface area contributed by atoms with Gasteiger partial charge in [0.2, 0.25) is 0 Å². The zero-order chi connectivity index (χ0) is 24.5. The first-order valence-corrected chi connectivity index (χ1v) is 12.5. The van der Waals surface area contributed by atoms with Crippen LogP contribution in [0, 0.1) is 0 Å². The van der Waals surface area contributed by atoms with Crippen molar-refractivity contribution in [2.45, 2.75) is 38.6 Å². The number of benzene rings is 2. The Balaban J connectivity index is 1.38. The molecule has 1 saturated carbocycles. The standard InChI is InChI=1S/C27H28N4O3S/c1-16(2)17-4-8-24(32)22(10-17)19-13-28-31(14-19)30-21-7-9-25(34-3)23(12-21)18-11-26(35-15-18)27(33)29-20-5-6-20/h4,7-16,20,30,32H,5-6H2,1-3H3,(H,29,33). The van der Waals surface area contributed by atoms with Crippen molar-refractivity contribution in [2.24, 2.45) is 0 Å². The summed E-state index contributed by atoms with van der Waals surface area (Å²) in [5, 5.41) is 19.8. The summed E-state index contributed by atoms with van der Waals surface area (Å²) in [6, 6.07) is 13.7. The lowest BCUT2D eigenvalue weighted by atomic mass is 9.98. The van der Waals surface area contributed by atoms with E-state index in [0.717, 1.165) is 52.1 Å². The zero-order valence-corrected chi connectivity index (χ0v) is 20.7. The Labute approximate surface area is 208 Å². The highest BCUT2D eigenvalue weighted by molar-refractivity contribution is 7.12. The number of hydrogen-bond acceptors (Lipinski definition) is 6. The van der Waals surface area contributed by atoms with Gasteiger partial charge in [0.05, 0.1) is 30.1 Å². The van der Waals surface area contributed by atoms with Crippen LogP contribution in [0.5, 0.6) is 11.5 Å². The summed E-state index contributed by atoms with van der Waals surface area (Å²) in [4.78, 5) is 14.7. The van der Waals surface area contributed by atoms with Gasteiger partial charge in [0, 0.05) is 22.7 Å². The van der Waals surface area contributed by atoms with E-state index in [1.165, 1.54) is 11.3 Å². The van der Waals surface area contributed by atoms with Crippen molar-refractivity contribution in [1.82, 2.24) is 15.2 Å². The van der Waals surface area contributed by atoms with Gasteiger partial charge in [-0.05, 0) is 71.7 Å². The van der Waals surface area contributed by atoms with Crippen LogP contribution in [-0.2, 0) is 0 Å². The van der Waals surface area contributed by atoms with Crippen molar-refractivity contribution in [3.05, 3.63) is 70.7 Å². The van der Waals surface area contributed by atoms with Gasteiger partial charge in [-0.3, -0.25) is 10.2 Å². The molecular formula is C27H28N4O3S. The number of nitrogens with one attached hydrogen (secondary N) is 2. The van der Waals surface area contributed by atoms with Crippen LogP contribution in [0.15, 0.2) is 60.2 Å². The molecule has 0 radical (unpaired) electrons. The summed E-state index contributed by atoms with van der Waals surface area (Å²) in [6.07, 6.45) is 5.68. The summed E-state index contributed by atoms with van der Waals surface area (Å²) < 4.78 is 5.58. The topological polar surface area (TPSA) is 88.4 Å². The molecule has 1 aliphatic rings. The predicted molar refractivity (Wildman–Crippen MR) is 139 cm³/mol. The van der Waals surface area contributed by atoms with E-state index in [1.54, 1.807) is 24.2 Å². The van der Waals surface area contributed by atoms with Crippen molar-refractivity contribution in [1.29, 1.82) is 0 Å². The molecule has 2 aromatic carbocycles. The van der Waals surface area contributed by atoms with Crippen molar-refractivity contribution in [2.75, 3.05) is 12.5 Å². The molecule has 180 valence electrons. The number of carbonyl (C=O) groups is 1. The molecule has 0 spiro atoms. The van der Waals surface area contributed by atoms with Gasteiger partial charge >= 0.3 is 0 Å². The quantitative estimate of drug-likeness (QED) is 0.288. The number of phenolic OH excluding ortho intramolecular Hbond substituents is 1. The van der Waals surface area contributed by atoms with E-state index in [-0.39, 0.29) is 11.7 Å². The normalized spacial score (nSPS) is 13.1. The second kappa shape index (κ2) is 9.46.